The maximum absolute atomic E-state index is 6.08. The van der Waals surface area contributed by atoms with E-state index in [1.807, 2.05) is 37.3 Å². The fourth-order valence-corrected chi connectivity index (χ4v) is 2.12. The summed E-state index contributed by atoms with van der Waals surface area (Å²) < 4.78 is 0. The van der Waals surface area contributed by atoms with Crippen LogP contribution in [-0.4, -0.2) is 10.1 Å². The minimum absolute atomic E-state index is 0.471. The smallest absolute Gasteiger partial charge is 0.172 e. The lowest BCUT2D eigenvalue weighted by Gasteiger charge is -2.11. The van der Waals surface area contributed by atoms with Gasteiger partial charge in [-0.2, -0.15) is 0 Å². The van der Waals surface area contributed by atoms with Crippen LogP contribution in [-0.2, 0) is 6.54 Å². The molecule has 0 bridgehead atoms. The van der Waals surface area contributed by atoms with E-state index in [2.05, 4.69) is 15.6 Å². The SMILES string of the molecule is Cc1cnc(NC(=S)NCc2ccc(Cl)cc2)c(Cl)c1. The summed E-state index contributed by atoms with van der Waals surface area (Å²) in [7, 11) is 0. The predicted molar refractivity (Wildman–Crippen MR) is 88.5 cm³/mol. The molecule has 3 nitrogen and oxygen atoms in total. The van der Waals surface area contributed by atoms with Gasteiger partial charge in [-0.25, -0.2) is 4.98 Å². The number of nitrogens with zero attached hydrogens (tertiary/aromatic N) is 1. The van der Waals surface area contributed by atoms with Gasteiger partial charge in [0.15, 0.2) is 10.9 Å². The Labute approximate surface area is 133 Å². The minimum Gasteiger partial charge on any atom is -0.358 e. The first-order valence-electron chi connectivity index (χ1n) is 5.96. The summed E-state index contributed by atoms with van der Waals surface area (Å²) in [6, 6.07) is 9.39. The van der Waals surface area contributed by atoms with E-state index in [0.29, 0.717) is 27.5 Å². The molecule has 20 heavy (non-hydrogen) atoms. The molecule has 0 fully saturated rings. The van der Waals surface area contributed by atoms with Gasteiger partial charge in [-0.3, -0.25) is 0 Å². The van der Waals surface area contributed by atoms with Gasteiger partial charge in [0.1, 0.15) is 0 Å². The fraction of sp³-hybridized carbons (Fsp3) is 0.143. The predicted octanol–water partition coefficient (Wildman–Crippen LogP) is 4.18. The van der Waals surface area contributed by atoms with Crippen LogP contribution in [0.2, 0.25) is 10.0 Å². The molecular formula is C14H13Cl2N3S. The molecule has 1 heterocycles. The van der Waals surface area contributed by atoms with Crippen LogP contribution in [0, 0.1) is 6.92 Å². The second kappa shape index (κ2) is 6.88. The highest BCUT2D eigenvalue weighted by atomic mass is 35.5. The highest BCUT2D eigenvalue weighted by molar-refractivity contribution is 7.80. The first kappa shape index (κ1) is 15.0. The van der Waals surface area contributed by atoms with E-state index in [1.54, 1.807) is 6.20 Å². The van der Waals surface area contributed by atoms with Crippen molar-refractivity contribution >= 4 is 46.4 Å². The Balaban J connectivity index is 1.90. The van der Waals surface area contributed by atoms with Crippen molar-refractivity contribution in [3.8, 4) is 0 Å². The normalized spacial score (nSPS) is 10.2. The highest BCUT2D eigenvalue weighted by Crippen LogP contribution is 2.19. The molecule has 0 aliphatic heterocycles. The average molecular weight is 326 g/mol. The molecule has 0 radical (unpaired) electrons. The molecule has 0 aliphatic rings. The summed E-state index contributed by atoms with van der Waals surface area (Å²) >= 11 is 17.1. The Morgan fingerprint density at radius 3 is 2.60 bits per heavy atom. The number of pyridine rings is 1. The van der Waals surface area contributed by atoms with E-state index >= 15 is 0 Å². The Morgan fingerprint density at radius 1 is 1.25 bits per heavy atom. The van der Waals surface area contributed by atoms with Crippen molar-refractivity contribution in [2.75, 3.05) is 5.32 Å². The highest BCUT2D eigenvalue weighted by Gasteiger charge is 2.04. The lowest BCUT2D eigenvalue weighted by Crippen LogP contribution is -2.28. The van der Waals surface area contributed by atoms with Crippen molar-refractivity contribution in [1.82, 2.24) is 10.3 Å². The molecular weight excluding hydrogens is 313 g/mol. The largest absolute Gasteiger partial charge is 0.358 e. The minimum atomic E-state index is 0.471. The third-order valence-corrected chi connectivity index (χ3v) is 3.36. The number of thiocarbonyl (C=S) groups is 1. The summed E-state index contributed by atoms with van der Waals surface area (Å²) in [4.78, 5) is 4.20. The van der Waals surface area contributed by atoms with E-state index in [4.69, 9.17) is 35.4 Å². The van der Waals surface area contributed by atoms with Crippen molar-refractivity contribution in [3.63, 3.8) is 0 Å². The quantitative estimate of drug-likeness (QED) is 0.830. The molecule has 0 amide bonds. The second-order valence-electron chi connectivity index (χ2n) is 4.28. The average Bonchev–Trinajstić information content (AvgIpc) is 2.41. The van der Waals surface area contributed by atoms with Crippen molar-refractivity contribution in [1.29, 1.82) is 0 Å². The Morgan fingerprint density at radius 2 is 1.95 bits per heavy atom. The molecule has 1 aromatic heterocycles. The maximum Gasteiger partial charge on any atom is 0.172 e. The van der Waals surface area contributed by atoms with Gasteiger partial charge in [-0.05, 0) is 48.5 Å². The number of aryl methyl sites for hydroxylation is 1. The summed E-state index contributed by atoms with van der Waals surface area (Å²) in [5, 5.41) is 7.78. The number of aromatic nitrogens is 1. The van der Waals surface area contributed by atoms with Crippen molar-refractivity contribution in [2.45, 2.75) is 13.5 Å². The van der Waals surface area contributed by atoms with Crippen molar-refractivity contribution < 1.29 is 0 Å². The molecule has 2 aromatic rings. The molecule has 6 heteroatoms. The molecule has 0 spiro atoms. The fourth-order valence-electron chi connectivity index (χ4n) is 1.56. The van der Waals surface area contributed by atoms with Crippen LogP contribution in [0.25, 0.3) is 0 Å². The number of hydrogen-bond acceptors (Lipinski definition) is 2. The van der Waals surface area contributed by atoms with Crippen LogP contribution >= 0.6 is 35.4 Å². The number of anilines is 1. The van der Waals surface area contributed by atoms with Crippen molar-refractivity contribution in [2.24, 2.45) is 0 Å². The summed E-state index contributed by atoms with van der Waals surface area (Å²) in [5.41, 5.74) is 2.09. The van der Waals surface area contributed by atoms with Crippen LogP contribution in [0.15, 0.2) is 36.5 Å². The Hall–Kier alpha value is -1.36. The number of hydrogen-bond donors (Lipinski definition) is 2. The van der Waals surface area contributed by atoms with Gasteiger partial charge in [-0.15, -0.1) is 0 Å². The molecule has 0 saturated carbocycles. The second-order valence-corrected chi connectivity index (χ2v) is 5.53. The van der Waals surface area contributed by atoms with E-state index in [1.165, 1.54) is 0 Å². The van der Waals surface area contributed by atoms with Gasteiger partial charge in [-0.1, -0.05) is 35.3 Å². The van der Waals surface area contributed by atoms with E-state index in [-0.39, 0.29) is 0 Å². The third-order valence-electron chi connectivity index (χ3n) is 2.58. The Bertz CT molecular complexity index is 614. The van der Waals surface area contributed by atoms with Gasteiger partial charge in [0, 0.05) is 17.8 Å². The zero-order valence-corrected chi connectivity index (χ0v) is 13.1. The first-order valence-corrected chi connectivity index (χ1v) is 7.12. The number of halogens is 2. The Kier molecular flexibility index (Phi) is 5.17. The van der Waals surface area contributed by atoms with E-state index in [9.17, 15) is 0 Å². The monoisotopic (exact) mass is 325 g/mol. The summed E-state index contributed by atoms with van der Waals surface area (Å²) in [6.07, 6.45) is 1.73. The molecule has 2 N–H and O–H groups in total. The maximum atomic E-state index is 6.08. The topological polar surface area (TPSA) is 37.0 Å². The molecule has 0 aliphatic carbocycles. The van der Waals surface area contributed by atoms with Crippen LogP contribution in [0.3, 0.4) is 0 Å². The molecule has 104 valence electrons. The molecule has 0 atom stereocenters. The standard InChI is InChI=1S/C14H13Cl2N3S/c1-9-6-12(16)13(17-7-9)19-14(20)18-8-10-2-4-11(15)5-3-10/h2-7H,8H2,1H3,(H2,17,18,19,20). The first-order chi connectivity index (χ1) is 9.54. The van der Waals surface area contributed by atoms with Crippen LogP contribution in [0.5, 0.6) is 0 Å². The van der Waals surface area contributed by atoms with Crippen LogP contribution in [0.1, 0.15) is 11.1 Å². The number of rotatable bonds is 3. The number of benzene rings is 1. The molecule has 1 aromatic carbocycles. The van der Waals surface area contributed by atoms with E-state index in [0.717, 1.165) is 11.1 Å². The molecule has 2 rings (SSSR count). The lowest BCUT2D eigenvalue weighted by atomic mass is 10.2. The van der Waals surface area contributed by atoms with Crippen molar-refractivity contribution in [3.05, 3.63) is 57.7 Å². The van der Waals surface area contributed by atoms with Crippen LogP contribution < -0.4 is 10.6 Å². The van der Waals surface area contributed by atoms with Gasteiger partial charge in [0.25, 0.3) is 0 Å². The van der Waals surface area contributed by atoms with E-state index < -0.39 is 0 Å². The third kappa shape index (κ3) is 4.34. The lowest BCUT2D eigenvalue weighted by molar-refractivity contribution is 0.925. The molecule has 0 unspecified atom stereocenters. The zero-order valence-electron chi connectivity index (χ0n) is 10.8. The number of nitrogens with one attached hydrogen (secondary N) is 2. The zero-order chi connectivity index (χ0) is 14.5. The van der Waals surface area contributed by atoms with Gasteiger partial charge in [0.2, 0.25) is 0 Å². The summed E-state index contributed by atoms with van der Waals surface area (Å²) in [6.45, 7) is 2.53. The van der Waals surface area contributed by atoms with Gasteiger partial charge in [0.05, 0.1) is 5.02 Å². The molecule has 0 saturated heterocycles. The van der Waals surface area contributed by atoms with Gasteiger partial charge < -0.3 is 10.6 Å². The van der Waals surface area contributed by atoms with Crippen LogP contribution in [0.4, 0.5) is 5.82 Å². The summed E-state index contributed by atoms with van der Waals surface area (Å²) in [5.74, 6) is 0.547. The van der Waals surface area contributed by atoms with Gasteiger partial charge >= 0.3 is 0 Å².